The van der Waals surface area contributed by atoms with Crippen molar-refractivity contribution in [1.29, 1.82) is 0 Å². The maximum atomic E-state index is 11.2. The number of nitrogens with zero attached hydrogens (tertiary/aromatic N) is 2. The topological polar surface area (TPSA) is 59.2 Å². The van der Waals surface area contributed by atoms with E-state index >= 15 is 0 Å². The Labute approximate surface area is 122 Å². The van der Waals surface area contributed by atoms with E-state index in [0.29, 0.717) is 22.8 Å². The Morgan fingerprint density at radius 3 is 2.68 bits per heavy atom. The van der Waals surface area contributed by atoms with Crippen molar-refractivity contribution < 1.29 is 4.79 Å². The zero-order valence-electron chi connectivity index (χ0n) is 10.6. The molecule has 6 heteroatoms. The lowest BCUT2D eigenvalue weighted by molar-refractivity contribution is -0.119. The second kappa shape index (κ2) is 6.55. The molecule has 1 fully saturated rings. The van der Waals surface area contributed by atoms with E-state index in [9.17, 15) is 4.79 Å². The van der Waals surface area contributed by atoms with Crippen LogP contribution in [-0.4, -0.2) is 28.4 Å². The van der Waals surface area contributed by atoms with Gasteiger partial charge in [-0.1, -0.05) is 36.0 Å². The average Bonchev–Trinajstić information content (AvgIpc) is 2.84. The summed E-state index contributed by atoms with van der Waals surface area (Å²) in [7, 11) is 0. The van der Waals surface area contributed by atoms with E-state index in [4.69, 9.17) is 28.9 Å². The maximum absolute atomic E-state index is 11.2. The van der Waals surface area contributed by atoms with Crippen LogP contribution in [0.5, 0.6) is 0 Å². The van der Waals surface area contributed by atoms with Crippen LogP contribution >= 0.6 is 23.2 Å². The predicted molar refractivity (Wildman–Crippen MR) is 76.1 cm³/mol. The first kappa shape index (κ1) is 14.6. The number of halogens is 2. The molecule has 1 aromatic rings. The summed E-state index contributed by atoms with van der Waals surface area (Å²) in [6.07, 6.45) is 6.27. The number of rotatable bonds is 5. The molecule has 1 saturated carbocycles. The van der Waals surface area contributed by atoms with E-state index in [-0.39, 0.29) is 12.5 Å². The van der Waals surface area contributed by atoms with Crippen LogP contribution in [0.15, 0.2) is 12.3 Å². The van der Waals surface area contributed by atoms with Gasteiger partial charge in [0, 0.05) is 29.4 Å². The van der Waals surface area contributed by atoms with E-state index < -0.39 is 0 Å². The number of pyridine rings is 1. The number of carbonyl (C=O) groups is 1. The molecule has 1 aliphatic rings. The van der Waals surface area contributed by atoms with E-state index in [1.54, 1.807) is 12.3 Å². The molecule has 0 radical (unpaired) electrons. The molecule has 19 heavy (non-hydrogen) atoms. The van der Waals surface area contributed by atoms with E-state index in [2.05, 4.69) is 9.88 Å². The normalized spacial score (nSPS) is 16.2. The molecule has 0 aliphatic heterocycles. The third kappa shape index (κ3) is 4.06. The van der Waals surface area contributed by atoms with Crippen molar-refractivity contribution in [3.05, 3.63) is 28.0 Å². The van der Waals surface area contributed by atoms with Gasteiger partial charge in [-0.15, -0.1) is 0 Å². The van der Waals surface area contributed by atoms with Crippen LogP contribution in [-0.2, 0) is 11.3 Å². The van der Waals surface area contributed by atoms with Gasteiger partial charge in [0.2, 0.25) is 5.91 Å². The lowest BCUT2D eigenvalue weighted by Gasteiger charge is -2.27. The molecule has 104 valence electrons. The first-order valence-corrected chi connectivity index (χ1v) is 7.14. The number of amides is 1. The molecule has 0 bridgehead atoms. The lowest BCUT2D eigenvalue weighted by Crippen LogP contribution is -2.39. The molecule has 0 saturated heterocycles. The fourth-order valence-electron chi connectivity index (χ4n) is 2.55. The Morgan fingerprint density at radius 1 is 1.42 bits per heavy atom. The fraction of sp³-hybridized carbons (Fsp3) is 0.538. The van der Waals surface area contributed by atoms with Gasteiger partial charge in [-0.2, -0.15) is 0 Å². The summed E-state index contributed by atoms with van der Waals surface area (Å²) in [6, 6.07) is 2.02. The van der Waals surface area contributed by atoms with Crippen LogP contribution in [0.4, 0.5) is 0 Å². The summed E-state index contributed by atoms with van der Waals surface area (Å²) in [6.45, 7) is 0.834. The van der Waals surface area contributed by atoms with Gasteiger partial charge in [0.25, 0.3) is 0 Å². The minimum absolute atomic E-state index is 0.254. The molecular weight excluding hydrogens is 285 g/mol. The monoisotopic (exact) mass is 301 g/mol. The Balaban J connectivity index is 2.12. The maximum Gasteiger partial charge on any atom is 0.231 e. The molecule has 0 spiro atoms. The van der Waals surface area contributed by atoms with Crippen molar-refractivity contribution >= 4 is 29.1 Å². The highest BCUT2D eigenvalue weighted by Crippen LogP contribution is 2.27. The molecule has 1 amide bonds. The summed E-state index contributed by atoms with van der Waals surface area (Å²) < 4.78 is 0. The van der Waals surface area contributed by atoms with Crippen LogP contribution in [0.3, 0.4) is 0 Å². The standard InChI is InChI=1S/C13H17Cl2N3O/c14-11-5-12(15)17-6-9(11)7-18(8-13(16)19)10-3-1-2-4-10/h5-6,10H,1-4,7-8H2,(H2,16,19). The van der Waals surface area contributed by atoms with Gasteiger partial charge >= 0.3 is 0 Å². The highest BCUT2D eigenvalue weighted by atomic mass is 35.5. The van der Waals surface area contributed by atoms with Gasteiger partial charge in [-0.05, 0) is 18.9 Å². The highest BCUT2D eigenvalue weighted by molar-refractivity contribution is 6.34. The zero-order valence-corrected chi connectivity index (χ0v) is 12.1. The molecule has 4 nitrogen and oxygen atoms in total. The van der Waals surface area contributed by atoms with Gasteiger partial charge in [-0.3, -0.25) is 9.69 Å². The van der Waals surface area contributed by atoms with Crippen LogP contribution < -0.4 is 5.73 Å². The SMILES string of the molecule is NC(=O)CN(Cc1cnc(Cl)cc1Cl)C1CCCC1. The van der Waals surface area contributed by atoms with E-state index in [1.165, 1.54) is 12.8 Å². The number of hydrogen-bond donors (Lipinski definition) is 1. The molecule has 1 aromatic heterocycles. The first-order chi connectivity index (χ1) is 9.06. The van der Waals surface area contributed by atoms with Crippen LogP contribution in [0.1, 0.15) is 31.2 Å². The average molecular weight is 302 g/mol. The Morgan fingerprint density at radius 2 is 2.11 bits per heavy atom. The van der Waals surface area contributed by atoms with Crippen molar-refractivity contribution in [3.63, 3.8) is 0 Å². The molecule has 0 aromatic carbocycles. The number of carbonyl (C=O) groups excluding carboxylic acids is 1. The van der Waals surface area contributed by atoms with Gasteiger partial charge in [0.1, 0.15) is 5.15 Å². The van der Waals surface area contributed by atoms with E-state index in [0.717, 1.165) is 18.4 Å². The zero-order chi connectivity index (χ0) is 13.8. The number of primary amides is 1. The van der Waals surface area contributed by atoms with Crippen molar-refractivity contribution in [1.82, 2.24) is 9.88 Å². The molecule has 2 rings (SSSR count). The number of hydrogen-bond acceptors (Lipinski definition) is 3. The lowest BCUT2D eigenvalue weighted by atomic mass is 10.1. The second-order valence-electron chi connectivity index (χ2n) is 4.91. The summed E-state index contributed by atoms with van der Waals surface area (Å²) in [5, 5.41) is 0.948. The van der Waals surface area contributed by atoms with Crippen molar-refractivity contribution in [2.45, 2.75) is 38.3 Å². The fourth-order valence-corrected chi connectivity index (χ4v) is 2.98. The van der Waals surface area contributed by atoms with Crippen molar-refractivity contribution in [2.75, 3.05) is 6.54 Å². The highest BCUT2D eigenvalue weighted by Gasteiger charge is 2.24. The van der Waals surface area contributed by atoms with Gasteiger partial charge in [0.15, 0.2) is 0 Å². The van der Waals surface area contributed by atoms with Crippen molar-refractivity contribution in [3.8, 4) is 0 Å². The minimum atomic E-state index is -0.315. The smallest absolute Gasteiger partial charge is 0.231 e. The third-order valence-corrected chi connectivity index (χ3v) is 4.03. The molecule has 0 unspecified atom stereocenters. The number of nitrogens with two attached hydrogens (primary N) is 1. The largest absolute Gasteiger partial charge is 0.369 e. The summed E-state index contributed by atoms with van der Waals surface area (Å²) in [5.74, 6) is -0.315. The second-order valence-corrected chi connectivity index (χ2v) is 5.70. The van der Waals surface area contributed by atoms with Gasteiger partial charge in [0.05, 0.1) is 6.54 Å². The first-order valence-electron chi connectivity index (χ1n) is 6.38. The minimum Gasteiger partial charge on any atom is -0.369 e. The summed E-state index contributed by atoms with van der Waals surface area (Å²) in [5.41, 5.74) is 6.20. The van der Waals surface area contributed by atoms with Crippen LogP contribution in [0.25, 0.3) is 0 Å². The molecule has 2 N–H and O–H groups in total. The number of aromatic nitrogens is 1. The van der Waals surface area contributed by atoms with Crippen molar-refractivity contribution in [2.24, 2.45) is 5.73 Å². The Hall–Kier alpha value is -0.840. The van der Waals surface area contributed by atoms with Crippen LogP contribution in [0.2, 0.25) is 10.2 Å². The van der Waals surface area contributed by atoms with E-state index in [1.807, 2.05) is 0 Å². The molecular formula is C13H17Cl2N3O. The van der Waals surface area contributed by atoms with Gasteiger partial charge < -0.3 is 5.73 Å². The Bertz CT molecular complexity index is 461. The predicted octanol–water partition coefficient (Wildman–Crippen LogP) is 2.62. The molecule has 0 atom stereocenters. The Kier molecular flexibility index (Phi) is 5.02. The summed E-state index contributed by atoms with van der Waals surface area (Å²) in [4.78, 5) is 17.3. The summed E-state index contributed by atoms with van der Waals surface area (Å²) >= 11 is 11.9. The quantitative estimate of drug-likeness (QED) is 0.851. The van der Waals surface area contributed by atoms with Gasteiger partial charge in [-0.25, -0.2) is 4.98 Å². The van der Waals surface area contributed by atoms with Crippen LogP contribution in [0, 0.1) is 0 Å². The third-order valence-electron chi connectivity index (χ3n) is 3.47. The molecule has 1 aliphatic carbocycles. The molecule has 1 heterocycles.